The summed E-state index contributed by atoms with van der Waals surface area (Å²) in [5, 5.41) is 3.02. The third kappa shape index (κ3) is 6.71. The highest BCUT2D eigenvalue weighted by molar-refractivity contribution is 5.91. The number of furan rings is 1. The Morgan fingerprint density at radius 2 is 1.65 bits per heavy atom. The number of rotatable bonds is 14. The molecule has 0 aliphatic heterocycles. The van der Waals surface area contributed by atoms with Crippen LogP contribution in [-0.2, 0) is 6.54 Å². The van der Waals surface area contributed by atoms with Gasteiger partial charge in [0.05, 0.1) is 23.3 Å². The molecule has 3 rings (SSSR count). The van der Waals surface area contributed by atoms with Crippen LogP contribution < -0.4 is 5.32 Å². The van der Waals surface area contributed by atoms with Gasteiger partial charge in [0.15, 0.2) is 5.76 Å². The van der Waals surface area contributed by atoms with Crippen molar-refractivity contribution in [1.82, 2.24) is 14.9 Å². The van der Waals surface area contributed by atoms with Crippen molar-refractivity contribution in [2.45, 2.75) is 90.6 Å². The highest BCUT2D eigenvalue weighted by Crippen LogP contribution is 2.22. The number of carbonyl (C=O) groups excluding carboxylic acids is 1. The number of carbonyl (C=O) groups is 1. The first kappa shape index (κ1) is 23.1. The molecule has 1 unspecified atom stereocenters. The molecule has 0 spiro atoms. The Bertz CT molecular complexity index is 914. The summed E-state index contributed by atoms with van der Waals surface area (Å²) in [6, 6.07) is 11.4. The molecule has 0 saturated heterocycles. The quantitative estimate of drug-likeness (QED) is 0.283. The summed E-state index contributed by atoms with van der Waals surface area (Å²) in [6.07, 6.45) is 14.7. The summed E-state index contributed by atoms with van der Waals surface area (Å²) in [6.45, 7) is 5.17. The fourth-order valence-electron chi connectivity index (χ4n) is 4.16. The van der Waals surface area contributed by atoms with Gasteiger partial charge in [-0.05, 0) is 37.6 Å². The fraction of sp³-hybridized carbons (Fsp3) is 0.538. The van der Waals surface area contributed by atoms with Crippen LogP contribution in [-0.4, -0.2) is 15.5 Å². The van der Waals surface area contributed by atoms with Crippen molar-refractivity contribution in [2.75, 3.05) is 0 Å². The van der Waals surface area contributed by atoms with E-state index in [9.17, 15) is 4.79 Å². The summed E-state index contributed by atoms with van der Waals surface area (Å²) in [4.78, 5) is 17.2. The maximum atomic E-state index is 12.4. The number of hydrogen-bond acceptors (Lipinski definition) is 3. The number of nitrogens with one attached hydrogen (secondary N) is 1. The molecule has 168 valence electrons. The number of para-hydroxylation sites is 2. The van der Waals surface area contributed by atoms with Crippen LogP contribution in [0.1, 0.15) is 100 Å². The average molecular weight is 424 g/mol. The highest BCUT2D eigenvalue weighted by atomic mass is 16.3. The SMILES string of the molecule is CCCCCCCCCCCCn1c(C(C)NC(=O)c2ccco2)nc2ccccc21. The molecule has 0 aliphatic carbocycles. The number of imidazole rings is 1. The molecule has 1 atom stereocenters. The van der Waals surface area contributed by atoms with Gasteiger partial charge in [-0.1, -0.05) is 76.8 Å². The minimum Gasteiger partial charge on any atom is -0.459 e. The molecule has 3 aromatic rings. The molecule has 2 aromatic heterocycles. The number of hydrogen-bond donors (Lipinski definition) is 1. The van der Waals surface area contributed by atoms with E-state index < -0.39 is 0 Å². The largest absolute Gasteiger partial charge is 0.459 e. The average Bonchev–Trinajstić information content (AvgIpc) is 3.43. The van der Waals surface area contributed by atoms with Crippen LogP contribution in [0.3, 0.4) is 0 Å². The van der Waals surface area contributed by atoms with Gasteiger partial charge >= 0.3 is 0 Å². The summed E-state index contributed by atoms with van der Waals surface area (Å²) in [5.74, 6) is 1.01. The van der Waals surface area contributed by atoms with E-state index in [2.05, 4.69) is 28.9 Å². The first-order valence-electron chi connectivity index (χ1n) is 12.0. The van der Waals surface area contributed by atoms with E-state index >= 15 is 0 Å². The molecule has 5 nitrogen and oxygen atoms in total. The summed E-state index contributed by atoms with van der Waals surface area (Å²) in [7, 11) is 0. The number of benzene rings is 1. The van der Waals surface area contributed by atoms with Gasteiger partial charge < -0.3 is 14.3 Å². The number of aryl methyl sites for hydroxylation is 1. The molecule has 0 aliphatic rings. The van der Waals surface area contributed by atoms with Crippen LogP contribution in [0.2, 0.25) is 0 Å². The van der Waals surface area contributed by atoms with Crippen LogP contribution >= 0.6 is 0 Å². The molecule has 1 aromatic carbocycles. The lowest BCUT2D eigenvalue weighted by molar-refractivity contribution is 0.0909. The van der Waals surface area contributed by atoms with Gasteiger partial charge in [0, 0.05) is 6.54 Å². The van der Waals surface area contributed by atoms with Crippen LogP contribution in [0.4, 0.5) is 0 Å². The van der Waals surface area contributed by atoms with Gasteiger partial charge in [0.1, 0.15) is 5.82 Å². The molecule has 1 amide bonds. The Balaban J connectivity index is 1.52. The van der Waals surface area contributed by atoms with Gasteiger partial charge in [-0.15, -0.1) is 0 Å². The standard InChI is InChI=1S/C26H37N3O2/c1-3-4-5-6-7-8-9-10-11-14-19-29-23-17-13-12-16-22(23)28-25(29)21(2)27-26(30)24-18-15-20-31-24/h12-13,15-18,20-21H,3-11,14,19H2,1-2H3,(H,27,30). The molecule has 31 heavy (non-hydrogen) atoms. The van der Waals surface area contributed by atoms with Crippen LogP contribution in [0.15, 0.2) is 47.1 Å². The predicted octanol–water partition coefficient (Wildman–Crippen LogP) is 7.04. The zero-order valence-electron chi connectivity index (χ0n) is 19.1. The number of amides is 1. The zero-order chi connectivity index (χ0) is 21.9. The Morgan fingerprint density at radius 1 is 0.968 bits per heavy atom. The van der Waals surface area contributed by atoms with Gasteiger partial charge in [-0.25, -0.2) is 4.98 Å². The Kier molecular flexibility index (Phi) is 9.19. The van der Waals surface area contributed by atoms with E-state index in [4.69, 9.17) is 9.40 Å². The van der Waals surface area contributed by atoms with E-state index in [0.29, 0.717) is 5.76 Å². The monoisotopic (exact) mass is 423 g/mol. The molecule has 0 bridgehead atoms. The number of nitrogens with zero attached hydrogens (tertiary/aromatic N) is 2. The number of aromatic nitrogens is 2. The number of unbranched alkanes of at least 4 members (excludes halogenated alkanes) is 9. The van der Waals surface area contributed by atoms with Crippen LogP contribution in [0.5, 0.6) is 0 Å². The van der Waals surface area contributed by atoms with Crippen molar-refractivity contribution in [1.29, 1.82) is 0 Å². The second-order valence-corrected chi connectivity index (χ2v) is 8.46. The Morgan fingerprint density at radius 3 is 2.32 bits per heavy atom. The van der Waals surface area contributed by atoms with Crippen molar-refractivity contribution >= 4 is 16.9 Å². The van der Waals surface area contributed by atoms with Crippen LogP contribution in [0, 0.1) is 0 Å². The van der Waals surface area contributed by atoms with Gasteiger partial charge in [0.2, 0.25) is 0 Å². The first-order chi connectivity index (χ1) is 15.2. The third-order valence-corrected chi connectivity index (χ3v) is 5.90. The second-order valence-electron chi connectivity index (χ2n) is 8.46. The molecule has 1 N–H and O–H groups in total. The molecule has 5 heteroatoms. The summed E-state index contributed by atoms with van der Waals surface area (Å²) >= 11 is 0. The normalized spacial score (nSPS) is 12.3. The van der Waals surface area contributed by atoms with Crippen molar-refractivity contribution in [2.24, 2.45) is 0 Å². The van der Waals surface area contributed by atoms with E-state index in [0.717, 1.165) is 29.8 Å². The lowest BCUT2D eigenvalue weighted by atomic mass is 10.1. The molecule has 0 fully saturated rings. The molecule has 2 heterocycles. The van der Waals surface area contributed by atoms with Gasteiger partial charge in [-0.3, -0.25) is 4.79 Å². The summed E-state index contributed by atoms with van der Waals surface area (Å²) < 4.78 is 7.49. The van der Waals surface area contributed by atoms with Gasteiger partial charge in [-0.2, -0.15) is 0 Å². The topological polar surface area (TPSA) is 60.1 Å². The molecule has 0 radical (unpaired) electrons. The van der Waals surface area contributed by atoms with E-state index in [1.54, 1.807) is 12.1 Å². The maximum absolute atomic E-state index is 12.4. The third-order valence-electron chi connectivity index (χ3n) is 5.90. The first-order valence-corrected chi connectivity index (χ1v) is 12.0. The lowest BCUT2D eigenvalue weighted by Crippen LogP contribution is -2.28. The van der Waals surface area contributed by atoms with Gasteiger partial charge in [0.25, 0.3) is 5.91 Å². The Hall–Kier alpha value is -2.56. The number of fused-ring (bicyclic) bond motifs is 1. The van der Waals surface area contributed by atoms with Crippen molar-refractivity contribution in [3.8, 4) is 0 Å². The minimum atomic E-state index is -0.213. The molecule has 0 saturated carbocycles. The highest BCUT2D eigenvalue weighted by Gasteiger charge is 2.19. The smallest absolute Gasteiger partial charge is 0.287 e. The maximum Gasteiger partial charge on any atom is 0.287 e. The fourth-order valence-corrected chi connectivity index (χ4v) is 4.16. The van der Waals surface area contributed by atoms with Crippen molar-refractivity contribution in [3.63, 3.8) is 0 Å². The van der Waals surface area contributed by atoms with E-state index in [1.165, 1.54) is 64.1 Å². The molecular weight excluding hydrogens is 386 g/mol. The second kappa shape index (κ2) is 12.3. The minimum absolute atomic E-state index is 0.201. The lowest BCUT2D eigenvalue weighted by Gasteiger charge is -2.16. The van der Waals surface area contributed by atoms with Crippen LogP contribution in [0.25, 0.3) is 11.0 Å². The zero-order valence-corrected chi connectivity index (χ0v) is 19.1. The van der Waals surface area contributed by atoms with E-state index in [-0.39, 0.29) is 11.9 Å². The summed E-state index contributed by atoms with van der Waals surface area (Å²) in [5.41, 5.74) is 2.11. The predicted molar refractivity (Wildman–Crippen MR) is 126 cm³/mol. The van der Waals surface area contributed by atoms with Crippen molar-refractivity contribution < 1.29 is 9.21 Å². The van der Waals surface area contributed by atoms with Crippen molar-refractivity contribution in [3.05, 3.63) is 54.2 Å². The Labute approximate surface area is 186 Å². The van der Waals surface area contributed by atoms with E-state index in [1.807, 2.05) is 19.1 Å². The molecular formula is C26H37N3O2.